The Morgan fingerprint density at radius 1 is 1.40 bits per heavy atom. The van der Waals surface area contributed by atoms with E-state index in [-0.39, 0.29) is 17.5 Å². The Labute approximate surface area is 116 Å². The maximum Gasteiger partial charge on any atom is 0.255 e. The van der Waals surface area contributed by atoms with Crippen molar-refractivity contribution in [3.05, 3.63) is 46.2 Å². The van der Waals surface area contributed by atoms with E-state index in [4.69, 9.17) is 5.73 Å². The maximum atomic E-state index is 12.7. The number of nitrogens with zero attached hydrogens (tertiary/aromatic N) is 1. The van der Waals surface area contributed by atoms with Crippen molar-refractivity contribution in [2.24, 2.45) is 5.73 Å². The standard InChI is InChI=1S/C15H17N3O2/c16-9-10-4-3-7-18(10)15(20)12-8-14(19)17-13-6-2-1-5-11(12)13/h1-2,5-6,8,10H,3-4,7,9,16H2,(H,17,19). The number of fused-ring (bicyclic) bond motifs is 1. The Balaban J connectivity index is 2.09. The fraction of sp³-hybridized carbons (Fsp3) is 0.333. The van der Waals surface area contributed by atoms with E-state index in [9.17, 15) is 9.59 Å². The molecule has 0 saturated carbocycles. The van der Waals surface area contributed by atoms with Crippen LogP contribution in [0.25, 0.3) is 10.9 Å². The highest BCUT2D eigenvalue weighted by Crippen LogP contribution is 2.22. The minimum absolute atomic E-state index is 0.0838. The van der Waals surface area contributed by atoms with Crippen molar-refractivity contribution >= 4 is 16.8 Å². The molecule has 20 heavy (non-hydrogen) atoms. The average molecular weight is 271 g/mol. The molecular formula is C15H17N3O2. The molecule has 5 heteroatoms. The van der Waals surface area contributed by atoms with Crippen LogP contribution in [0.2, 0.25) is 0 Å². The first-order valence-electron chi connectivity index (χ1n) is 6.84. The fourth-order valence-electron chi connectivity index (χ4n) is 2.88. The van der Waals surface area contributed by atoms with Crippen molar-refractivity contribution in [2.45, 2.75) is 18.9 Å². The first-order valence-corrected chi connectivity index (χ1v) is 6.84. The first-order chi connectivity index (χ1) is 9.70. The maximum absolute atomic E-state index is 12.7. The third-order valence-corrected chi connectivity index (χ3v) is 3.89. The number of carbonyl (C=O) groups excluding carboxylic acids is 1. The monoisotopic (exact) mass is 271 g/mol. The van der Waals surface area contributed by atoms with Gasteiger partial charge in [0.15, 0.2) is 0 Å². The molecule has 104 valence electrons. The average Bonchev–Trinajstić information content (AvgIpc) is 2.94. The van der Waals surface area contributed by atoms with Crippen LogP contribution in [0.4, 0.5) is 0 Å². The zero-order valence-corrected chi connectivity index (χ0v) is 11.1. The summed E-state index contributed by atoms with van der Waals surface area (Å²) in [5.41, 5.74) is 6.62. The van der Waals surface area contributed by atoms with Crippen molar-refractivity contribution in [3.8, 4) is 0 Å². The molecule has 1 atom stereocenters. The minimum Gasteiger partial charge on any atom is -0.334 e. The Kier molecular flexibility index (Phi) is 3.28. The number of nitrogens with two attached hydrogens (primary N) is 1. The smallest absolute Gasteiger partial charge is 0.255 e. The number of benzene rings is 1. The van der Waals surface area contributed by atoms with E-state index in [0.717, 1.165) is 18.2 Å². The van der Waals surface area contributed by atoms with Gasteiger partial charge in [-0.15, -0.1) is 0 Å². The van der Waals surface area contributed by atoms with Crippen LogP contribution in [-0.4, -0.2) is 34.9 Å². The molecule has 0 radical (unpaired) electrons. The second-order valence-corrected chi connectivity index (χ2v) is 5.12. The van der Waals surface area contributed by atoms with E-state index in [1.54, 1.807) is 11.0 Å². The second kappa shape index (κ2) is 5.09. The Hall–Kier alpha value is -2.14. The summed E-state index contributed by atoms with van der Waals surface area (Å²) in [5, 5.41) is 0.778. The van der Waals surface area contributed by atoms with Gasteiger partial charge in [0.2, 0.25) is 5.56 Å². The zero-order chi connectivity index (χ0) is 14.1. The summed E-state index contributed by atoms with van der Waals surface area (Å²) in [7, 11) is 0. The van der Waals surface area contributed by atoms with Crippen LogP contribution < -0.4 is 11.3 Å². The predicted molar refractivity (Wildman–Crippen MR) is 77.7 cm³/mol. The van der Waals surface area contributed by atoms with Gasteiger partial charge in [0.25, 0.3) is 5.91 Å². The number of carbonyl (C=O) groups is 1. The number of hydrogen-bond acceptors (Lipinski definition) is 3. The fourth-order valence-corrected chi connectivity index (χ4v) is 2.88. The molecule has 1 aliphatic rings. The Bertz CT molecular complexity index is 708. The number of rotatable bonds is 2. The van der Waals surface area contributed by atoms with Gasteiger partial charge in [-0.25, -0.2) is 0 Å². The number of para-hydroxylation sites is 1. The van der Waals surface area contributed by atoms with Crippen LogP contribution in [0.5, 0.6) is 0 Å². The third-order valence-electron chi connectivity index (χ3n) is 3.89. The molecule has 2 aromatic rings. The van der Waals surface area contributed by atoms with E-state index < -0.39 is 0 Å². The van der Waals surface area contributed by atoms with Gasteiger partial charge in [0.05, 0.1) is 5.56 Å². The molecule has 5 nitrogen and oxygen atoms in total. The number of likely N-dealkylation sites (tertiary alicyclic amines) is 1. The number of H-pyrrole nitrogens is 1. The minimum atomic E-state index is -0.254. The van der Waals surface area contributed by atoms with Gasteiger partial charge in [-0.3, -0.25) is 9.59 Å². The van der Waals surface area contributed by atoms with E-state index in [1.165, 1.54) is 6.07 Å². The van der Waals surface area contributed by atoms with E-state index in [2.05, 4.69) is 4.98 Å². The normalized spacial score (nSPS) is 18.6. The first kappa shape index (κ1) is 12.9. The molecule has 1 fully saturated rings. The number of nitrogens with one attached hydrogen (secondary N) is 1. The summed E-state index contributed by atoms with van der Waals surface area (Å²) in [4.78, 5) is 29.0. The van der Waals surface area contributed by atoms with Gasteiger partial charge in [0.1, 0.15) is 0 Å². The van der Waals surface area contributed by atoms with Crippen LogP contribution in [0.3, 0.4) is 0 Å². The molecule has 1 aliphatic heterocycles. The summed E-state index contributed by atoms with van der Waals surface area (Å²) in [6.45, 7) is 1.18. The summed E-state index contributed by atoms with van der Waals surface area (Å²) in [6.07, 6.45) is 1.90. The van der Waals surface area contributed by atoms with Crippen LogP contribution in [0, 0.1) is 0 Å². The quantitative estimate of drug-likeness (QED) is 0.858. The number of hydrogen-bond donors (Lipinski definition) is 2. The zero-order valence-electron chi connectivity index (χ0n) is 11.1. The van der Waals surface area contributed by atoms with Crippen molar-refractivity contribution < 1.29 is 4.79 Å². The summed E-state index contributed by atoms with van der Waals surface area (Å²) in [6, 6.07) is 8.83. The lowest BCUT2D eigenvalue weighted by atomic mass is 10.1. The number of aromatic amines is 1. The van der Waals surface area contributed by atoms with E-state index in [0.29, 0.717) is 24.2 Å². The van der Waals surface area contributed by atoms with Crippen molar-refractivity contribution in [3.63, 3.8) is 0 Å². The molecule has 3 rings (SSSR count). The second-order valence-electron chi connectivity index (χ2n) is 5.12. The summed E-state index contributed by atoms with van der Waals surface area (Å²) < 4.78 is 0. The molecule has 1 aromatic heterocycles. The van der Waals surface area contributed by atoms with Crippen LogP contribution >= 0.6 is 0 Å². The molecule has 1 amide bonds. The largest absolute Gasteiger partial charge is 0.334 e. The van der Waals surface area contributed by atoms with Gasteiger partial charge in [-0.05, 0) is 18.9 Å². The topological polar surface area (TPSA) is 79.2 Å². The van der Waals surface area contributed by atoms with E-state index >= 15 is 0 Å². The lowest BCUT2D eigenvalue weighted by molar-refractivity contribution is 0.0743. The summed E-state index contributed by atoms with van der Waals surface area (Å²) in [5.74, 6) is -0.0970. The lowest BCUT2D eigenvalue weighted by Gasteiger charge is -2.24. The molecule has 1 saturated heterocycles. The highest BCUT2D eigenvalue weighted by molar-refractivity contribution is 6.06. The molecule has 0 aliphatic carbocycles. The third kappa shape index (κ3) is 2.10. The molecule has 1 aromatic carbocycles. The van der Waals surface area contributed by atoms with Gasteiger partial charge >= 0.3 is 0 Å². The van der Waals surface area contributed by atoms with Crippen LogP contribution in [0.15, 0.2) is 35.1 Å². The molecular weight excluding hydrogens is 254 g/mol. The van der Waals surface area contributed by atoms with Crippen molar-refractivity contribution in [1.29, 1.82) is 0 Å². The predicted octanol–water partition coefficient (Wildman–Crippen LogP) is 1.09. The van der Waals surface area contributed by atoms with Gasteiger partial charge < -0.3 is 15.6 Å². The van der Waals surface area contributed by atoms with Crippen LogP contribution in [-0.2, 0) is 0 Å². The van der Waals surface area contributed by atoms with Gasteiger partial charge in [-0.1, -0.05) is 18.2 Å². The Morgan fingerprint density at radius 2 is 2.20 bits per heavy atom. The van der Waals surface area contributed by atoms with Gasteiger partial charge in [0, 0.05) is 36.1 Å². The Morgan fingerprint density at radius 3 is 3.00 bits per heavy atom. The summed E-state index contributed by atoms with van der Waals surface area (Å²) >= 11 is 0. The molecule has 0 bridgehead atoms. The number of amides is 1. The van der Waals surface area contributed by atoms with Gasteiger partial charge in [-0.2, -0.15) is 0 Å². The highest BCUT2D eigenvalue weighted by Gasteiger charge is 2.29. The van der Waals surface area contributed by atoms with Crippen LogP contribution in [0.1, 0.15) is 23.2 Å². The SMILES string of the molecule is NCC1CCCN1C(=O)c1cc(=O)[nH]c2ccccc12. The molecule has 0 spiro atoms. The molecule has 2 heterocycles. The number of aromatic nitrogens is 1. The van der Waals surface area contributed by atoms with Crippen molar-refractivity contribution in [1.82, 2.24) is 9.88 Å². The highest BCUT2D eigenvalue weighted by atomic mass is 16.2. The lowest BCUT2D eigenvalue weighted by Crippen LogP contribution is -2.40. The molecule has 3 N–H and O–H groups in total. The molecule has 1 unspecified atom stereocenters. The van der Waals surface area contributed by atoms with E-state index in [1.807, 2.05) is 18.2 Å². The number of pyridine rings is 1. The van der Waals surface area contributed by atoms with Crippen molar-refractivity contribution in [2.75, 3.05) is 13.1 Å².